The SMILES string of the molecule is CC1Oc2ccccc2N(CCC(=O)NCC(O)c2cccc(C(F)(F)F)c2)C1=O. The molecular weight excluding hydrogens is 401 g/mol. The van der Waals surface area contributed by atoms with Gasteiger partial charge in [-0.3, -0.25) is 9.59 Å². The highest BCUT2D eigenvalue weighted by molar-refractivity contribution is 6.00. The van der Waals surface area contributed by atoms with E-state index in [1.165, 1.54) is 17.0 Å². The maximum absolute atomic E-state index is 12.8. The van der Waals surface area contributed by atoms with Crippen molar-refractivity contribution in [3.8, 4) is 5.75 Å². The van der Waals surface area contributed by atoms with Crippen molar-refractivity contribution in [3.63, 3.8) is 0 Å². The Morgan fingerprint density at radius 3 is 2.70 bits per heavy atom. The number of anilines is 1. The van der Waals surface area contributed by atoms with E-state index in [9.17, 15) is 27.9 Å². The third kappa shape index (κ3) is 4.91. The van der Waals surface area contributed by atoms with Crippen LogP contribution in [-0.2, 0) is 15.8 Å². The summed E-state index contributed by atoms with van der Waals surface area (Å²) in [6.45, 7) is 1.48. The lowest BCUT2D eigenvalue weighted by molar-refractivity contribution is -0.137. The molecule has 2 amide bonds. The molecule has 30 heavy (non-hydrogen) atoms. The molecule has 3 rings (SSSR count). The second kappa shape index (κ2) is 8.74. The van der Waals surface area contributed by atoms with E-state index < -0.39 is 29.9 Å². The third-order valence-corrected chi connectivity index (χ3v) is 4.73. The first-order valence-electron chi connectivity index (χ1n) is 9.36. The highest BCUT2D eigenvalue weighted by Gasteiger charge is 2.32. The van der Waals surface area contributed by atoms with Crippen LogP contribution in [0.25, 0.3) is 0 Å². The summed E-state index contributed by atoms with van der Waals surface area (Å²) in [4.78, 5) is 26.0. The number of hydrogen-bond donors (Lipinski definition) is 2. The molecule has 1 aliphatic heterocycles. The molecule has 0 saturated heterocycles. The Labute approximate surface area is 171 Å². The van der Waals surface area contributed by atoms with E-state index in [0.717, 1.165) is 12.1 Å². The number of carbonyl (C=O) groups is 2. The number of ether oxygens (including phenoxy) is 1. The molecule has 2 aromatic carbocycles. The second-order valence-corrected chi connectivity index (χ2v) is 6.91. The zero-order valence-electron chi connectivity index (χ0n) is 16.1. The number of para-hydroxylation sites is 2. The number of amides is 2. The van der Waals surface area contributed by atoms with Gasteiger partial charge in [0.2, 0.25) is 5.91 Å². The average molecular weight is 422 g/mol. The number of nitrogens with zero attached hydrogens (tertiary/aromatic N) is 1. The lowest BCUT2D eigenvalue weighted by Crippen LogP contribution is -2.46. The van der Waals surface area contributed by atoms with Gasteiger partial charge in [-0.05, 0) is 36.8 Å². The molecule has 1 heterocycles. The molecule has 0 saturated carbocycles. The predicted molar refractivity (Wildman–Crippen MR) is 103 cm³/mol. The van der Waals surface area contributed by atoms with Crippen molar-refractivity contribution in [2.24, 2.45) is 0 Å². The molecule has 0 fully saturated rings. The predicted octanol–water partition coefficient (Wildman–Crippen LogP) is 3.06. The molecule has 0 bridgehead atoms. The van der Waals surface area contributed by atoms with Gasteiger partial charge in [-0.15, -0.1) is 0 Å². The monoisotopic (exact) mass is 422 g/mol. The van der Waals surface area contributed by atoms with Gasteiger partial charge >= 0.3 is 6.18 Å². The molecule has 0 aromatic heterocycles. The normalized spacial score (nSPS) is 17.2. The van der Waals surface area contributed by atoms with Crippen LogP contribution < -0.4 is 15.0 Å². The van der Waals surface area contributed by atoms with Gasteiger partial charge in [0.25, 0.3) is 5.91 Å². The topological polar surface area (TPSA) is 78.9 Å². The first-order chi connectivity index (χ1) is 14.2. The summed E-state index contributed by atoms with van der Waals surface area (Å²) >= 11 is 0. The van der Waals surface area contributed by atoms with Gasteiger partial charge in [0.05, 0.1) is 17.4 Å². The molecule has 2 aromatic rings. The van der Waals surface area contributed by atoms with Crippen LogP contribution in [0.15, 0.2) is 48.5 Å². The zero-order valence-corrected chi connectivity index (χ0v) is 16.1. The summed E-state index contributed by atoms with van der Waals surface area (Å²) in [5.41, 5.74) is -0.252. The van der Waals surface area contributed by atoms with Crippen molar-refractivity contribution >= 4 is 17.5 Å². The lowest BCUT2D eigenvalue weighted by atomic mass is 10.1. The Morgan fingerprint density at radius 2 is 1.97 bits per heavy atom. The Balaban J connectivity index is 1.56. The van der Waals surface area contributed by atoms with Crippen LogP contribution >= 0.6 is 0 Å². The number of benzene rings is 2. The fourth-order valence-electron chi connectivity index (χ4n) is 3.14. The molecule has 2 N–H and O–H groups in total. The summed E-state index contributed by atoms with van der Waals surface area (Å²) < 4.78 is 43.9. The van der Waals surface area contributed by atoms with E-state index in [2.05, 4.69) is 5.32 Å². The molecule has 0 aliphatic carbocycles. The van der Waals surface area contributed by atoms with E-state index in [4.69, 9.17) is 4.74 Å². The van der Waals surface area contributed by atoms with Crippen molar-refractivity contribution in [1.82, 2.24) is 5.32 Å². The Hall–Kier alpha value is -3.07. The van der Waals surface area contributed by atoms with Crippen molar-refractivity contribution in [3.05, 3.63) is 59.7 Å². The number of hydrogen-bond acceptors (Lipinski definition) is 4. The number of nitrogens with one attached hydrogen (secondary N) is 1. The summed E-state index contributed by atoms with van der Waals surface area (Å²) in [6, 6.07) is 11.3. The molecule has 0 radical (unpaired) electrons. The zero-order chi connectivity index (χ0) is 21.9. The number of carbonyl (C=O) groups excluding carboxylic acids is 2. The first kappa shape index (κ1) is 21.6. The largest absolute Gasteiger partial charge is 0.479 e. The molecule has 2 atom stereocenters. The Kier molecular flexibility index (Phi) is 6.31. The lowest BCUT2D eigenvalue weighted by Gasteiger charge is -2.32. The molecule has 2 unspecified atom stereocenters. The van der Waals surface area contributed by atoms with E-state index in [0.29, 0.717) is 11.4 Å². The average Bonchev–Trinajstić information content (AvgIpc) is 2.72. The van der Waals surface area contributed by atoms with Crippen molar-refractivity contribution in [1.29, 1.82) is 0 Å². The third-order valence-electron chi connectivity index (χ3n) is 4.73. The van der Waals surface area contributed by atoms with E-state index in [-0.39, 0.29) is 31.0 Å². The highest BCUT2D eigenvalue weighted by atomic mass is 19.4. The molecule has 0 spiro atoms. The van der Waals surface area contributed by atoms with Gasteiger partial charge in [-0.1, -0.05) is 24.3 Å². The van der Waals surface area contributed by atoms with Crippen LogP contribution in [-0.4, -0.2) is 36.1 Å². The number of aliphatic hydroxyl groups is 1. The molecule has 1 aliphatic rings. The fourth-order valence-corrected chi connectivity index (χ4v) is 3.14. The van der Waals surface area contributed by atoms with Crippen LogP contribution in [0.2, 0.25) is 0 Å². The van der Waals surface area contributed by atoms with Gasteiger partial charge in [0, 0.05) is 19.5 Å². The quantitative estimate of drug-likeness (QED) is 0.750. The maximum atomic E-state index is 12.8. The van der Waals surface area contributed by atoms with Gasteiger partial charge in [0.1, 0.15) is 5.75 Å². The van der Waals surface area contributed by atoms with Gasteiger partial charge in [-0.25, -0.2) is 0 Å². The van der Waals surface area contributed by atoms with Crippen molar-refractivity contribution in [2.45, 2.75) is 31.7 Å². The number of rotatable bonds is 6. The molecule has 6 nitrogen and oxygen atoms in total. The second-order valence-electron chi connectivity index (χ2n) is 6.91. The first-order valence-corrected chi connectivity index (χ1v) is 9.36. The van der Waals surface area contributed by atoms with Crippen LogP contribution in [0.1, 0.15) is 30.6 Å². The summed E-state index contributed by atoms with van der Waals surface area (Å²) in [5.74, 6) is -0.166. The van der Waals surface area contributed by atoms with Crippen LogP contribution in [0.5, 0.6) is 5.75 Å². The maximum Gasteiger partial charge on any atom is 0.416 e. The Morgan fingerprint density at radius 1 is 1.23 bits per heavy atom. The minimum absolute atomic E-state index is 0.0396. The van der Waals surface area contributed by atoms with Gasteiger partial charge in [0.15, 0.2) is 6.10 Å². The molecule has 9 heteroatoms. The van der Waals surface area contributed by atoms with Gasteiger partial charge in [-0.2, -0.15) is 13.2 Å². The highest BCUT2D eigenvalue weighted by Crippen LogP contribution is 2.33. The Bertz CT molecular complexity index is 932. The van der Waals surface area contributed by atoms with E-state index in [1.807, 2.05) is 0 Å². The summed E-state index contributed by atoms with van der Waals surface area (Å²) in [5, 5.41) is 12.6. The summed E-state index contributed by atoms with van der Waals surface area (Å²) in [7, 11) is 0. The van der Waals surface area contributed by atoms with Crippen molar-refractivity contribution < 1.29 is 32.6 Å². The number of alkyl halides is 3. The van der Waals surface area contributed by atoms with E-state index in [1.54, 1.807) is 31.2 Å². The fraction of sp³-hybridized carbons (Fsp3) is 0.333. The number of fused-ring (bicyclic) bond motifs is 1. The molecular formula is C21H21F3N2O4. The summed E-state index contributed by atoms with van der Waals surface area (Å²) in [6.07, 6.45) is -6.52. The van der Waals surface area contributed by atoms with E-state index >= 15 is 0 Å². The van der Waals surface area contributed by atoms with Crippen LogP contribution in [0.4, 0.5) is 18.9 Å². The van der Waals surface area contributed by atoms with Gasteiger partial charge < -0.3 is 20.1 Å². The molecule has 160 valence electrons. The van der Waals surface area contributed by atoms with Crippen LogP contribution in [0, 0.1) is 0 Å². The standard InChI is InChI=1S/C21H21F3N2O4/c1-13-20(29)26(16-7-2-3-8-18(16)30-13)10-9-19(28)25-12-17(27)14-5-4-6-15(11-14)21(22,23)24/h2-8,11,13,17,27H,9-10,12H2,1H3,(H,25,28). The number of aliphatic hydroxyl groups excluding tert-OH is 1. The number of halogens is 3. The van der Waals surface area contributed by atoms with Crippen LogP contribution in [0.3, 0.4) is 0 Å². The minimum Gasteiger partial charge on any atom is -0.479 e. The van der Waals surface area contributed by atoms with Crippen molar-refractivity contribution in [2.75, 3.05) is 18.0 Å². The minimum atomic E-state index is -4.52. The smallest absolute Gasteiger partial charge is 0.416 e.